The first-order chi connectivity index (χ1) is 12.9. The molecule has 0 spiro atoms. The number of para-hydroxylation sites is 1. The Morgan fingerprint density at radius 2 is 2.00 bits per heavy atom. The molecule has 1 amide bonds. The van der Waals surface area contributed by atoms with Crippen LogP contribution in [0.1, 0.15) is 35.3 Å². The number of carbonyl (C=O) groups excluding carboxylic acids is 2. The molecule has 0 aliphatic heterocycles. The highest BCUT2D eigenvalue weighted by Crippen LogP contribution is 2.29. The van der Waals surface area contributed by atoms with Crippen LogP contribution in [0.5, 0.6) is 5.75 Å². The van der Waals surface area contributed by atoms with Crippen molar-refractivity contribution < 1.29 is 14.3 Å². The Kier molecular flexibility index (Phi) is 5.77. The Hall–Kier alpha value is -2.44. The van der Waals surface area contributed by atoms with Gasteiger partial charge in [0.1, 0.15) is 10.8 Å². The molecule has 1 atom stereocenters. The van der Waals surface area contributed by atoms with Crippen LogP contribution in [0.2, 0.25) is 5.02 Å². The van der Waals surface area contributed by atoms with Gasteiger partial charge in [-0.3, -0.25) is 9.59 Å². The summed E-state index contributed by atoms with van der Waals surface area (Å²) in [7, 11) is 1.72. The lowest BCUT2D eigenvalue weighted by Gasteiger charge is -2.23. The number of halogens is 1. The number of Topliss-reactive ketones (excluding diaryl/α,β-unsaturated/α-hetero) is 1. The van der Waals surface area contributed by atoms with Crippen molar-refractivity contribution in [2.45, 2.75) is 19.9 Å². The fraction of sp³-hybridized carbons (Fsp3) is 0.250. The van der Waals surface area contributed by atoms with E-state index < -0.39 is 0 Å². The first kappa shape index (κ1) is 19.3. The number of ether oxygens (including phenoxy) is 1. The molecule has 27 heavy (non-hydrogen) atoms. The van der Waals surface area contributed by atoms with E-state index in [4.69, 9.17) is 16.3 Å². The summed E-state index contributed by atoms with van der Waals surface area (Å²) in [6.07, 6.45) is 0. The van der Waals surface area contributed by atoms with E-state index >= 15 is 0 Å². The van der Waals surface area contributed by atoms with Crippen LogP contribution in [0, 0.1) is 0 Å². The van der Waals surface area contributed by atoms with Crippen LogP contribution in [0.4, 0.5) is 0 Å². The SMILES string of the molecule is CC(=O)c1cc(Cl)ccc1OCC(=O)N(C)[C@@H](C)c1nc2ccccc2s1. The average molecular weight is 403 g/mol. The maximum Gasteiger partial charge on any atom is 0.260 e. The lowest BCUT2D eigenvalue weighted by Crippen LogP contribution is -2.33. The van der Waals surface area contributed by atoms with Gasteiger partial charge in [-0.2, -0.15) is 0 Å². The molecule has 0 saturated heterocycles. The monoisotopic (exact) mass is 402 g/mol. The van der Waals surface area contributed by atoms with Crippen molar-refractivity contribution in [3.05, 3.63) is 58.1 Å². The van der Waals surface area contributed by atoms with E-state index in [1.54, 1.807) is 35.4 Å². The second kappa shape index (κ2) is 8.06. The largest absolute Gasteiger partial charge is 0.483 e. The molecular formula is C20H19ClN2O3S. The molecule has 3 rings (SSSR count). The Morgan fingerprint density at radius 1 is 1.26 bits per heavy atom. The highest BCUT2D eigenvalue weighted by atomic mass is 35.5. The van der Waals surface area contributed by atoms with Crippen LogP contribution in [0.15, 0.2) is 42.5 Å². The van der Waals surface area contributed by atoms with Gasteiger partial charge in [-0.05, 0) is 44.2 Å². The zero-order chi connectivity index (χ0) is 19.6. The summed E-state index contributed by atoms with van der Waals surface area (Å²) in [6, 6.07) is 12.5. The average Bonchev–Trinajstić information content (AvgIpc) is 3.09. The summed E-state index contributed by atoms with van der Waals surface area (Å²) in [5, 5.41) is 1.31. The van der Waals surface area contributed by atoms with Crippen molar-refractivity contribution >= 4 is 44.8 Å². The van der Waals surface area contributed by atoms with E-state index in [9.17, 15) is 9.59 Å². The topological polar surface area (TPSA) is 59.5 Å². The number of hydrogen-bond donors (Lipinski definition) is 0. The van der Waals surface area contributed by atoms with Crippen LogP contribution < -0.4 is 4.74 Å². The maximum atomic E-state index is 12.6. The fourth-order valence-electron chi connectivity index (χ4n) is 2.59. The van der Waals surface area contributed by atoms with Crippen molar-refractivity contribution in [3.8, 4) is 5.75 Å². The Labute approximate surface area is 166 Å². The minimum atomic E-state index is -0.203. The molecule has 0 radical (unpaired) electrons. The molecule has 2 aromatic carbocycles. The van der Waals surface area contributed by atoms with Gasteiger partial charge >= 0.3 is 0 Å². The predicted molar refractivity (Wildman–Crippen MR) is 108 cm³/mol. The van der Waals surface area contributed by atoms with Crippen molar-refractivity contribution in [2.75, 3.05) is 13.7 Å². The van der Waals surface area contributed by atoms with Gasteiger partial charge < -0.3 is 9.64 Å². The summed E-state index contributed by atoms with van der Waals surface area (Å²) in [5.74, 6) is -0.0244. The number of likely N-dealkylation sites (N-methyl/N-ethyl adjacent to an activating group) is 1. The molecule has 0 unspecified atom stereocenters. The summed E-state index contributed by atoms with van der Waals surface area (Å²) < 4.78 is 6.68. The molecule has 0 N–H and O–H groups in total. The van der Waals surface area contributed by atoms with Gasteiger partial charge in [-0.1, -0.05) is 23.7 Å². The molecule has 0 bridgehead atoms. The van der Waals surface area contributed by atoms with Gasteiger partial charge in [0.05, 0.1) is 21.8 Å². The molecular weight excluding hydrogens is 384 g/mol. The third-order valence-electron chi connectivity index (χ3n) is 4.31. The van der Waals surface area contributed by atoms with Gasteiger partial charge in [0, 0.05) is 12.1 Å². The van der Waals surface area contributed by atoms with Crippen molar-refractivity contribution in [1.29, 1.82) is 0 Å². The van der Waals surface area contributed by atoms with E-state index in [1.165, 1.54) is 13.0 Å². The molecule has 0 saturated carbocycles. The first-order valence-electron chi connectivity index (χ1n) is 8.41. The molecule has 0 aliphatic carbocycles. The number of amides is 1. The number of aromatic nitrogens is 1. The quantitative estimate of drug-likeness (QED) is 0.558. The minimum absolute atomic E-state index is 0.170. The smallest absolute Gasteiger partial charge is 0.260 e. The predicted octanol–water partition coefficient (Wildman–Crippen LogP) is 4.75. The van der Waals surface area contributed by atoms with Gasteiger partial charge in [0.2, 0.25) is 0 Å². The molecule has 3 aromatic rings. The normalized spacial score (nSPS) is 12.0. The molecule has 1 heterocycles. The van der Waals surface area contributed by atoms with Crippen molar-refractivity contribution in [2.24, 2.45) is 0 Å². The van der Waals surface area contributed by atoms with E-state index in [0.717, 1.165) is 15.2 Å². The molecule has 1 aromatic heterocycles. The van der Waals surface area contributed by atoms with E-state index in [2.05, 4.69) is 4.98 Å². The van der Waals surface area contributed by atoms with Crippen LogP contribution in [-0.2, 0) is 4.79 Å². The number of thiazole rings is 1. The zero-order valence-electron chi connectivity index (χ0n) is 15.2. The number of fused-ring (bicyclic) bond motifs is 1. The standard InChI is InChI=1S/C20H19ClN2O3S/c1-12(20-22-16-6-4-5-7-18(16)27-20)23(3)19(25)11-26-17-9-8-14(21)10-15(17)13(2)24/h4-10,12H,11H2,1-3H3/t12-/m0/s1. The van der Waals surface area contributed by atoms with E-state index in [-0.39, 0.29) is 24.3 Å². The summed E-state index contributed by atoms with van der Waals surface area (Å²) in [5.41, 5.74) is 1.28. The number of hydrogen-bond acceptors (Lipinski definition) is 5. The lowest BCUT2D eigenvalue weighted by molar-refractivity contribution is -0.134. The Balaban J connectivity index is 1.69. The van der Waals surface area contributed by atoms with Crippen LogP contribution >= 0.6 is 22.9 Å². The number of rotatable bonds is 6. The molecule has 5 nitrogen and oxygen atoms in total. The van der Waals surface area contributed by atoms with Gasteiger partial charge in [0.25, 0.3) is 5.91 Å². The number of nitrogens with zero attached hydrogens (tertiary/aromatic N) is 2. The van der Waals surface area contributed by atoms with Gasteiger partial charge in [0.15, 0.2) is 12.4 Å². The highest BCUT2D eigenvalue weighted by molar-refractivity contribution is 7.18. The summed E-state index contributed by atoms with van der Waals surface area (Å²) >= 11 is 7.50. The Morgan fingerprint density at radius 3 is 2.70 bits per heavy atom. The van der Waals surface area contributed by atoms with Gasteiger partial charge in [-0.25, -0.2) is 4.98 Å². The van der Waals surface area contributed by atoms with Crippen LogP contribution in [0.3, 0.4) is 0 Å². The fourth-order valence-corrected chi connectivity index (χ4v) is 3.83. The highest BCUT2D eigenvalue weighted by Gasteiger charge is 2.21. The zero-order valence-corrected chi connectivity index (χ0v) is 16.8. The summed E-state index contributed by atoms with van der Waals surface area (Å²) in [6.45, 7) is 3.19. The second-order valence-corrected chi connectivity index (χ2v) is 7.68. The maximum absolute atomic E-state index is 12.6. The van der Waals surface area contributed by atoms with E-state index in [0.29, 0.717) is 16.3 Å². The third kappa shape index (κ3) is 4.28. The Bertz CT molecular complexity index is 969. The molecule has 7 heteroatoms. The van der Waals surface area contributed by atoms with Gasteiger partial charge in [-0.15, -0.1) is 11.3 Å². The first-order valence-corrected chi connectivity index (χ1v) is 9.60. The van der Waals surface area contributed by atoms with Crippen LogP contribution in [-0.4, -0.2) is 35.2 Å². The van der Waals surface area contributed by atoms with Crippen molar-refractivity contribution in [1.82, 2.24) is 9.88 Å². The number of ketones is 1. The number of carbonyl (C=O) groups is 2. The molecule has 0 aliphatic rings. The second-order valence-electron chi connectivity index (χ2n) is 6.19. The van der Waals surface area contributed by atoms with Crippen molar-refractivity contribution in [3.63, 3.8) is 0 Å². The molecule has 140 valence electrons. The minimum Gasteiger partial charge on any atom is -0.483 e. The molecule has 0 fully saturated rings. The third-order valence-corrected chi connectivity index (χ3v) is 5.76. The van der Waals surface area contributed by atoms with Crippen LogP contribution in [0.25, 0.3) is 10.2 Å². The summed E-state index contributed by atoms with van der Waals surface area (Å²) in [4.78, 5) is 30.5. The lowest BCUT2D eigenvalue weighted by atomic mass is 10.1. The van der Waals surface area contributed by atoms with E-state index in [1.807, 2.05) is 31.2 Å². The number of benzene rings is 2.